The zero-order valence-electron chi connectivity index (χ0n) is 6.81. The summed E-state index contributed by atoms with van der Waals surface area (Å²) in [5.41, 5.74) is 0. The fraction of sp³-hybridized carbons (Fsp3) is 0.857. The Morgan fingerprint density at radius 1 is 1.70 bits per heavy atom. The second-order valence-electron chi connectivity index (χ2n) is 2.23. The average molecular weight is 145 g/mol. The van der Waals surface area contributed by atoms with Crippen molar-refractivity contribution in [3.63, 3.8) is 0 Å². The molecule has 1 rings (SSSR count). The van der Waals surface area contributed by atoms with Gasteiger partial charge in [0.15, 0.2) is 0 Å². The normalized spacial score (nSPS) is 23.1. The number of carbonyl (C=O) groups is 1. The molecule has 0 radical (unpaired) electrons. The van der Waals surface area contributed by atoms with Crippen molar-refractivity contribution in [2.45, 2.75) is 33.4 Å². The molecule has 0 aromatic carbocycles. The fourth-order valence-electron chi connectivity index (χ4n) is 0.511. The first kappa shape index (κ1) is 9.43. The van der Waals surface area contributed by atoms with E-state index in [1.165, 1.54) is 6.42 Å². The monoisotopic (exact) mass is 145 g/mol. The maximum atomic E-state index is 10.2. The molecule has 1 heterocycles. The van der Waals surface area contributed by atoms with Crippen LogP contribution < -0.4 is 5.32 Å². The first-order valence-corrected chi connectivity index (χ1v) is 3.61. The van der Waals surface area contributed by atoms with E-state index in [-0.39, 0.29) is 18.7 Å². The Balaban J connectivity index is 0.000000236. The van der Waals surface area contributed by atoms with E-state index in [0.717, 1.165) is 0 Å². The van der Waals surface area contributed by atoms with Gasteiger partial charge >= 0.3 is 0 Å². The highest BCUT2D eigenvalue weighted by molar-refractivity contribution is 5.78. The number of ether oxygens (including phenoxy) is 1. The molecule has 0 saturated carbocycles. The molecule has 1 N–H and O–H groups in total. The van der Waals surface area contributed by atoms with Crippen molar-refractivity contribution in [2.24, 2.45) is 0 Å². The van der Waals surface area contributed by atoms with Gasteiger partial charge in [-0.3, -0.25) is 4.79 Å². The van der Waals surface area contributed by atoms with Crippen LogP contribution in [0.15, 0.2) is 0 Å². The van der Waals surface area contributed by atoms with E-state index in [9.17, 15) is 4.79 Å². The number of hydrogen-bond donors (Lipinski definition) is 1. The summed E-state index contributed by atoms with van der Waals surface area (Å²) in [5.74, 6) is -0.0208. The zero-order valence-corrected chi connectivity index (χ0v) is 6.81. The van der Waals surface area contributed by atoms with E-state index < -0.39 is 0 Å². The molecule has 1 amide bonds. The lowest BCUT2D eigenvalue weighted by atomic mass is 10.6. The van der Waals surface area contributed by atoms with Gasteiger partial charge in [-0.05, 0) is 6.92 Å². The van der Waals surface area contributed by atoms with E-state index in [0.29, 0.717) is 0 Å². The number of nitrogens with one attached hydrogen (secondary N) is 1. The molecule has 1 aliphatic heterocycles. The van der Waals surface area contributed by atoms with Gasteiger partial charge < -0.3 is 10.1 Å². The Labute approximate surface area is 61.8 Å². The molecule has 60 valence electrons. The molecular weight excluding hydrogens is 130 g/mol. The van der Waals surface area contributed by atoms with Gasteiger partial charge in [0.25, 0.3) is 0 Å². The Bertz CT molecular complexity index is 104. The molecule has 0 spiro atoms. The molecule has 1 aliphatic rings. The summed E-state index contributed by atoms with van der Waals surface area (Å²) in [6.45, 7) is 6.27. The first-order chi connectivity index (χ1) is 4.70. The number of carbonyl (C=O) groups excluding carboxylic acids is 1. The quantitative estimate of drug-likeness (QED) is 0.550. The van der Waals surface area contributed by atoms with E-state index in [4.69, 9.17) is 4.74 Å². The molecular formula is C7H15NO2. The van der Waals surface area contributed by atoms with Crippen LogP contribution in [0.2, 0.25) is 0 Å². The van der Waals surface area contributed by atoms with Crippen molar-refractivity contribution in [3.8, 4) is 0 Å². The molecule has 0 aromatic heterocycles. The SMILES string of the molecule is CC1NC(=O)CO1.CCC. The fourth-order valence-corrected chi connectivity index (χ4v) is 0.511. The molecule has 1 saturated heterocycles. The third-order valence-corrected chi connectivity index (χ3v) is 0.829. The summed E-state index contributed by atoms with van der Waals surface area (Å²) in [7, 11) is 0. The van der Waals surface area contributed by atoms with E-state index >= 15 is 0 Å². The van der Waals surface area contributed by atoms with E-state index in [1.54, 1.807) is 6.92 Å². The van der Waals surface area contributed by atoms with Crippen LogP contribution in [0.25, 0.3) is 0 Å². The third-order valence-electron chi connectivity index (χ3n) is 0.829. The minimum Gasteiger partial charge on any atom is -0.349 e. The smallest absolute Gasteiger partial charge is 0.248 e. The lowest BCUT2D eigenvalue weighted by Crippen LogP contribution is -2.22. The Hall–Kier alpha value is -0.570. The molecule has 3 heteroatoms. The molecule has 1 atom stereocenters. The predicted octanol–water partition coefficient (Wildman–Crippen LogP) is 0.895. The number of hydrogen-bond acceptors (Lipinski definition) is 2. The molecule has 0 aromatic rings. The molecule has 1 unspecified atom stereocenters. The lowest BCUT2D eigenvalue weighted by Gasteiger charge is -1.95. The maximum Gasteiger partial charge on any atom is 0.248 e. The predicted molar refractivity (Wildman–Crippen MR) is 39.5 cm³/mol. The average Bonchev–Trinajstić information content (AvgIpc) is 2.17. The van der Waals surface area contributed by atoms with Crippen molar-refractivity contribution >= 4 is 5.91 Å². The van der Waals surface area contributed by atoms with Gasteiger partial charge in [-0.1, -0.05) is 20.3 Å². The van der Waals surface area contributed by atoms with Crippen molar-refractivity contribution in [2.75, 3.05) is 6.61 Å². The van der Waals surface area contributed by atoms with Crippen LogP contribution in [-0.4, -0.2) is 18.7 Å². The van der Waals surface area contributed by atoms with Crippen molar-refractivity contribution in [1.29, 1.82) is 0 Å². The Kier molecular flexibility index (Phi) is 4.94. The van der Waals surface area contributed by atoms with Gasteiger partial charge in [0.1, 0.15) is 12.8 Å². The minimum atomic E-state index is -0.0764. The molecule has 10 heavy (non-hydrogen) atoms. The minimum absolute atomic E-state index is 0.0208. The van der Waals surface area contributed by atoms with Crippen molar-refractivity contribution < 1.29 is 9.53 Å². The third kappa shape index (κ3) is 4.32. The van der Waals surface area contributed by atoms with Crippen LogP contribution in [0.4, 0.5) is 0 Å². The summed E-state index contributed by atoms with van der Waals surface area (Å²) >= 11 is 0. The number of amides is 1. The summed E-state index contributed by atoms with van der Waals surface area (Å²) < 4.78 is 4.80. The number of rotatable bonds is 0. The second-order valence-corrected chi connectivity index (χ2v) is 2.23. The van der Waals surface area contributed by atoms with Crippen LogP contribution in [0, 0.1) is 0 Å². The maximum absolute atomic E-state index is 10.2. The van der Waals surface area contributed by atoms with Crippen molar-refractivity contribution in [3.05, 3.63) is 0 Å². The van der Waals surface area contributed by atoms with Crippen molar-refractivity contribution in [1.82, 2.24) is 5.32 Å². The van der Waals surface area contributed by atoms with E-state index in [1.807, 2.05) is 0 Å². The highest BCUT2D eigenvalue weighted by atomic mass is 16.5. The van der Waals surface area contributed by atoms with Gasteiger partial charge in [0.2, 0.25) is 5.91 Å². The molecule has 1 fully saturated rings. The van der Waals surface area contributed by atoms with Gasteiger partial charge in [-0.15, -0.1) is 0 Å². The van der Waals surface area contributed by atoms with Gasteiger partial charge in [-0.2, -0.15) is 0 Å². The first-order valence-electron chi connectivity index (χ1n) is 3.61. The highest BCUT2D eigenvalue weighted by Gasteiger charge is 2.14. The summed E-state index contributed by atoms with van der Waals surface area (Å²) in [5, 5.41) is 2.56. The van der Waals surface area contributed by atoms with Gasteiger partial charge in [0.05, 0.1) is 0 Å². The van der Waals surface area contributed by atoms with Crippen LogP contribution in [0.3, 0.4) is 0 Å². The van der Waals surface area contributed by atoms with Crippen LogP contribution in [0.1, 0.15) is 27.2 Å². The van der Waals surface area contributed by atoms with Crippen LogP contribution in [0.5, 0.6) is 0 Å². The molecule has 0 aliphatic carbocycles. The summed E-state index contributed by atoms with van der Waals surface area (Å²) in [6.07, 6.45) is 1.17. The highest BCUT2D eigenvalue weighted by Crippen LogP contribution is 1.92. The van der Waals surface area contributed by atoms with E-state index in [2.05, 4.69) is 19.2 Å². The topological polar surface area (TPSA) is 38.3 Å². The van der Waals surface area contributed by atoms with Gasteiger partial charge in [-0.25, -0.2) is 0 Å². The largest absolute Gasteiger partial charge is 0.349 e. The van der Waals surface area contributed by atoms with Crippen LogP contribution >= 0.6 is 0 Å². The Morgan fingerprint density at radius 2 is 2.20 bits per heavy atom. The Morgan fingerprint density at radius 3 is 2.30 bits per heavy atom. The standard InChI is InChI=1S/C4H7NO2.C3H8/c1-3-5-4(6)2-7-3;1-3-2/h3H,2H2,1H3,(H,5,6);3H2,1-2H3. The molecule has 3 nitrogen and oxygen atoms in total. The van der Waals surface area contributed by atoms with Crippen LogP contribution in [-0.2, 0) is 9.53 Å². The summed E-state index contributed by atoms with van der Waals surface area (Å²) in [6, 6.07) is 0. The lowest BCUT2D eigenvalue weighted by molar-refractivity contribution is -0.119. The summed E-state index contributed by atoms with van der Waals surface area (Å²) in [4.78, 5) is 10.2. The van der Waals surface area contributed by atoms with Gasteiger partial charge in [0, 0.05) is 0 Å². The molecule has 0 bridgehead atoms. The second kappa shape index (κ2) is 5.23. The zero-order chi connectivity index (χ0) is 7.98.